The summed E-state index contributed by atoms with van der Waals surface area (Å²) in [4.78, 5) is 10.8. The summed E-state index contributed by atoms with van der Waals surface area (Å²) >= 11 is 0. The topological polar surface area (TPSA) is 35.5 Å². The van der Waals surface area contributed by atoms with Crippen molar-refractivity contribution in [3.05, 3.63) is 0 Å². The molecule has 0 heterocycles. The molecule has 1 saturated carbocycles. The molecule has 0 aromatic heterocycles. The Kier molecular flexibility index (Phi) is 2.41. The average molecular weight is 214 g/mol. The summed E-state index contributed by atoms with van der Waals surface area (Å²) in [6, 6.07) is 0. The highest BCUT2D eigenvalue weighted by Crippen LogP contribution is 2.57. The monoisotopic (exact) mass is 214 g/mol. The van der Waals surface area contributed by atoms with Gasteiger partial charge in [0.25, 0.3) is 0 Å². The maximum absolute atomic E-state index is 12.3. The van der Waals surface area contributed by atoms with Gasteiger partial charge in [-0.2, -0.15) is 13.2 Å². The predicted octanol–water partition coefficient (Wildman–Crippen LogP) is -0.223. The fraction of sp³-hybridized carbons (Fsp3) is 0.833. The molecule has 0 amide bonds. The highest BCUT2D eigenvalue weighted by Gasteiger charge is 2.74. The van der Waals surface area contributed by atoms with E-state index in [9.17, 15) is 18.0 Å². The highest BCUT2D eigenvalue weighted by atomic mass is 28.2. The van der Waals surface area contributed by atoms with Crippen LogP contribution >= 0.6 is 0 Å². The number of halogens is 3. The van der Waals surface area contributed by atoms with Crippen molar-refractivity contribution in [3.63, 3.8) is 0 Å². The van der Waals surface area contributed by atoms with Gasteiger partial charge in [-0.25, -0.2) is 0 Å². The maximum atomic E-state index is 12.3. The first-order chi connectivity index (χ1) is 5.89. The van der Waals surface area contributed by atoms with E-state index in [2.05, 4.69) is 9.16 Å². The molecule has 3 nitrogen and oxygen atoms in total. The third-order valence-corrected chi connectivity index (χ3v) is 2.97. The minimum absolute atomic E-state index is 0.0505. The van der Waals surface area contributed by atoms with Crippen molar-refractivity contribution in [3.8, 4) is 0 Å². The van der Waals surface area contributed by atoms with Gasteiger partial charge in [0.2, 0.25) is 0 Å². The van der Waals surface area contributed by atoms with Crippen LogP contribution in [0, 0.1) is 5.92 Å². The largest absolute Gasteiger partial charge is 0.469 e. The molecule has 1 rings (SSSR count). The van der Waals surface area contributed by atoms with Crippen molar-refractivity contribution >= 4 is 16.5 Å². The lowest BCUT2D eigenvalue weighted by atomic mass is 10.2. The Morgan fingerprint density at radius 2 is 2.15 bits per heavy atom. The minimum atomic E-state index is -4.48. The van der Waals surface area contributed by atoms with Crippen LogP contribution in [0.5, 0.6) is 0 Å². The molecular weight excluding hydrogens is 205 g/mol. The van der Waals surface area contributed by atoms with E-state index in [1.165, 1.54) is 0 Å². The van der Waals surface area contributed by atoms with Crippen LogP contribution in [-0.2, 0) is 14.0 Å². The summed E-state index contributed by atoms with van der Waals surface area (Å²) in [5.41, 5.74) is -2.24. The Bertz CT molecular complexity index is 230. The zero-order valence-corrected chi connectivity index (χ0v) is 9.14. The molecule has 2 atom stereocenters. The summed E-state index contributed by atoms with van der Waals surface area (Å²) < 4.78 is 45.7. The van der Waals surface area contributed by atoms with Gasteiger partial charge >= 0.3 is 12.1 Å². The number of esters is 1. The first-order valence-electron chi connectivity index (χ1n) is 3.58. The first kappa shape index (κ1) is 10.5. The van der Waals surface area contributed by atoms with Crippen LogP contribution < -0.4 is 0 Å². The Balaban J connectivity index is 2.75. The molecule has 76 valence electrons. The second kappa shape index (κ2) is 2.98. The zero-order chi connectivity index (χ0) is 10.3. The molecule has 2 unspecified atom stereocenters. The number of ether oxygens (including phenoxy) is 1. The first-order valence-corrected chi connectivity index (χ1v) is 4.40. The van der Waals surface area contributed by atoms with E-state index in [0.717, 1.165) is 7.11 Å². The highest BCUT2D eigenvalue weighted by molar-refractivity contribution is 5.99. The molecule has 0 aromatic rings. The molecule has 1 aliphatic carbocycles. The third kappa shape index (κ3) is 1.46. The van der Waals surface area contributed by atoms with Crippen molar-refractivity contribution in [2.24, 2.45) is 5.92 Å². The number of carbonyl (C=O) groups is 1. The van der Waals surface area contributed by atoms with Crippen LogP contribution in [0.3, 0.4) is 0 Å². The maximum Gasteiger partial charge on any atom is 0.417 e. The smallest absolute Gasteiger partial charge is 0.417 e. The van der Waals surface area contributed by atoms with Gasteiger partial charge in [0.15, 0.2) is 5.60 Å². The lowest BCUT2D eigenvalue weighted by Crippen LogP contribution is -2.37. The van der Waals surface area contributed by atoms with Crippen molar-refractivity contribution in [1.82, 2.24) is 0 Å². The fourth-order valence-corrected chi connectivity index (χ4v) is 2.00. The quantitative estimate of drug-likeness (QED) is 0.471. The van der Waals surface area contributed by atoms with Crippen molar-refractivity contribution in [1.29, 1.82) is 0 Å². The molecule has 0 radical (unpaired) electrons. The van der Waals surface area contributed by atoms with Gasteiger partial charge in [-0.1, -0.05) is 0 Å². The molecule has 0 saturated heterocycles. The zero-order valence-electron chi connectivity index (χ0n) is 7.14. The molecule has 0 bridgehead atoms. The van der Waals surface area contributed by atoms with Crippen molar-refractivity contribution < 1.29 is 27.1 Å². The van der Waals surface area contributed by atoms with Crippen molar-refractivity contribution in [2.45, 2.75) is 18.2 Å². The number of hydrogen-bond donors (Lipinski definition) is 0. The van der Waals surface area contributed by atoms with E-state index >= 15 is 0 Å². The van der Waals surface area contributed by atoms with E-state index in [4.69, 9.17) is 0 Å². The van der Waals surface area contributed by atoms with Crippen LogP contribution in [0.15, 0.2) is 0 Å². The number of methoxy groups -OCH3 is 1. The van der Waals surface area contributed by atoms with E-state index < -0.39 is 23.7 Å². The summed E-state index contributed by atoms with van der Waals surface area (Å²) in [6.07, 6.45) is -4.79. The van der Waals surface area contributed by atoms with Crippen LogP contribution in [0.1, 0.15) is 6.42 Å². The lowest BCUT2D eigenvalue weighted by molar-refractivity contribution is -0.215. The van der Waals surface area contributed by atoms with Gasteiger partial charge in [0, 0.05) is 6.42 Å². The number of carbonyl (C=O) groups excluding carboxylic acids is 1. The third-order valence-electron chi connectivity index (χ3n) is 2.24. The Morgan fingerprint density at radius 1 is 1.62 bits per heavy atom. The Morgan fingerprint density at radius 3 is 2.38 bits per heavy atom. The van der Waals surface area contributed by atoms with Crippen LogP contribution in [0.2, 0.25) is 0 Å². The molecule has 0 aromatic carbocycles. The van der Waals surface area contributed by atoms with Crippen LogP contribution in [0.25, 0.3) is 0 Å². The normalized spacial score (nSPS) is 33.1. The Labute approximate surface area is 75.7 Å². The standard InChI is InChI=1S/C6H9F3O3Si/c1-11-4(10)3-2-5(3,12-13)6(7,8)9/h3H,2H2,1,13H3. The van der Waals surface area contributed by atoms with Gasteiger partial charge < -0.3 is 9.16 Å². The van der Waals surface area contributed by atoms with E-state index in [1.54, 1.807) is 0 Å². The molecule has 0 N–H and O–H groups in total. The van der Waals surface area contributed by atoms with Gasteiger partial charge in [-0.05, 0) is 0 Å². The summed E-state index contributed by atoms with van der Waals surface area (Å²) in [5, 5.41) is 0. The molecule has 7 heteroatoms. The number of alkyl halides is 3. The fourth-order valence-electron chi connectivity index (χ4n) is 1.31. The number of rotatable bonds is 2. The molecule has 1 fully saturated rings. The second-order valence-corrected chi connectivity index (χ2v) is 3.28. The van der Waals surface area contributed by atoms with E-state index in [-0.39, 0.29) is 16.9 Å². The van der Waals surface area contributed by atoms with Crippen molar-refractivity contribution in [2.75, 3.05) is 7.11 Å². The molecule has 0 spiro atoms. The molecule has 0 aliphatic heterocycles. The average Bonchev–Trinajstić information content (AvgIpc) is 2.77. The van der Waals surface area contributed by atoms with Gasteiger partial charge in [-0.3, -0.25) is 4.79 Å². The van der Waals surface area contributed by atoms with Gasteiger partial charge in [-0.15, -0.1) is 0 Å². The summed E-state index contributed by atoms with van der Waals surface area (Å²) in [5.74, 6) is -2.02. The Hall–Kier alpha value is -0.563. The molecule has 1 aliphatic rings. The molecular formula is C6H9F3O3Si. The van der Waals surface area contributed by atoms with E-state index in [0.29, 0.717) is 0 Å². The van der Waals surface area contributed by atoms with Crippen LogP contribution in [-0.4, -0.2) is 35.3 Å². The number of hydrogen-bond acceptors (Lipinski definition) is 3. The van der Waals surface area contributed by atoms with Crippen LogP contribution in [0.4, 0.5) is 13.2 Å². The molecule has 13 heavy (non-hydrogen) atoms. The predicted molar refractivity (Wildman–Crippen MR) is 39.9 cm³/mol. The minimum Gasteiger partial charge on any atom is -0.469 e. The summed E-state index contributed by atoms with van der Waals surface area (Å²) in [7, 11) is 1.01. The van der Waals surface area contributed by atoms with Gasteiger partial charge in [0.1, 0.15) is 10.5 Å². The van der Waals surface area contributed by atoms with Gasteiger partial charge in [0.05, 0.1) is 13.0 Å². The SMILES string of the molecule is COC(=O)C1CC1(O[SiH3])C(F)(F)F. The van der Waals surface area contributed by atoms with E-state index in [1.807, 2.05) is 0 Å². The lowest BCUT2D eigenvalue weighted by Gasteiger charge is -2.19. The second-order valence-electron chi connectivity index (χ2n) is 2.87. The summed E-state index contributed by atoms with van der Waals surface area (Å²) in [6.45, 7) is 0.